The van der Waals surface area contributed by atoms with Gasteiger partial charge in [0, 0.05) is 24.8 Å². The second-order valence-electron chi connectivity index (χ2n) is 10.4. The number of rotatable bonds is 16. The van der Waals surface area contributed by atoms with Crippen LogP contribution in [0.1, 0.15) is 97.1 Å². The highest BCUT2D eigenvalue weighted by Crippen LogP contribution is 2.14. The Labute approximate surface area is 272 Å². The summed E-state index contributed by atoms with van der Waals surface area (Å²) in [7, 11) is 0. The summed E-state index contributed by atoms with van der Waals surface area (Å²) in [6, 6.07) is 20.9. The largest absolute Gasteiger partial charge is 0.494 e. The molecule has 8 nitrogen and oxygen atoms in total. The molecule has 0 saturated carbocycles. The molecule has 0 aliphatic carbocycles. The molecule has 0 spiro atoms. The first-order valence-electron chi connectivity index (χ1n) is 15.8. The van der Waals surface area contributed by atoms with Gasteiger partial charge >= 0.3 is 11.9 Å². The van der Waals surface area contributed by atoms with Gasteiger partial charge in [-0.15, -0.1) is 0 Å². The molecule has 0 radical (unpaired) electrons. The molecule has 46 heavy (non-hydrogen) atoms. The number of nitrogens with zero attached hydrogens (tertiary/aromatic N) is 2. The van der Waals surface area contributed by atoms with Crippen LogP contribution in [0.2, 0.25) is 0 Å². The zero-order valence-electron chi connectivity index (χ0n) is 26.9. The van der Waals surface area contributed by atoms with E-state index in [4.69, 9.17) is 19.7 Å². The number of aromatic nitrogens is 2. The van der Waals surface area contributed by atoms with Gasteiger partial charge in [-0.3, -0.25) is 9.97 Å². The van der Waals surface area contributed by atoms with Crippen molar-refractivity contribution in [2.24, 2.45) is 0 Å². The standard InChI is InChI=1S/2C13H18O3.C12H10N2/c2*1-2-3-4-5-10-16-12-8-6-11(7-9-12)13(14)15;1(11-3-7-13-8-4-11)2-12-5-9-14-10-6-12/h2*6-9H,2-5,10H2,1H3,(H,14,15);1-10H/b;;2-1+. The molecule has 2 heterocycles. The Morgan fingerprint density at radius 1 is 0.543 bits per heavy atom. The number of carboxylic acids is 2. The van der Waals surface area contributed by atoms with Gasteiger partial charge in [0.15, 0.2) is 0 Å². The van der Waals surface area contributed by atoms with Crippen molar-refractivity contribution in [2.45, 2.75) is 65.2 Å². The summed E-state index contributed by atoms with van der Waals surface area (Å²) in [6.07, 6.45) is 20.6. The topological polar surface area (TPSA) is 119 Å². The first kappa shape index (κ1) is 37.2. The lowest BCUT2D eigenvalue weighted by atomic mass is 10.2. The van der Waals surface area contributed by atoms with Gasteiger partial charge in [-0.05, 0) is 96.8 Å². The smallest absolute Gasteiger partial charge is 0.335 e. The molecule has 2 aromatic carbocycles. The highest BCUT2D eigenvalue weighted by Gasteiger charge is 2.03. The lowest BCUT2D eigenvalue weighted by molar-refractivity contribution is 0.0686. The molecule has 4 rings (SSSR count). The third-order valence-corrected chi connectivity index (χ3v) is 6.62. The van der Waals surface area contributed by atoms with Crippen LogP contribution >= 0.6 is 0 Å². The number of aromatic carboxylic acids is 2. The highest BCUT2D eigenvalue weighted by atomic mass is 16.5. The van der Waals surface area contributed by atoms with Crippen LogP contribution in [0.4, 0.5) is 0 Å². The quantitative estimate of drug-likeness (QED) is 0.118. The number of unbranched alkanes of at least 4 members (excludes halogenated alkanes) is 6. The average Bonchev–Trinajstić information content (AvgIpc) is 3.09. The summed E-state index contributed by atoms with van der Waals surface area (Å²) in [4.78, 5) is 29.1. The molecular weight excluding hydrogens is 580 g/mol. The van der Waals surface area contributed by atoms with Crippen molar-refractivity contribution in [3.05, 3.63) is 120 Å². The fourth-order valence-corrected chi connectivity index (χ4v) is 3.97. The number of benzene rings is 2. The summed E-state index contributed by atoms with van der Waals surface area (Å²) in [5.41, 5.74) is 2.88. The molecule has 0 atom stereocenters. The van der Waals surface area contributed by atoms with Crippen LogP contribution in [0.5, 0.6) is 11.5 Å². The van der Waals surface area contributed by atoms with E-state index >= 15 is 0 Å². The van der Waals surface area contributed by atoms with Crippen molar-refractivity contribution >= 4 is 24.1 Å². The Kier molecular flexibility index (Phi) is 18.9. The Bertz CT molecular complexity index is 1280. The fourth-order valence-electron chi connectivity index (χ4n) is 3.97. The van der Waals surface area contributed by atoms with E-state index < -0.39 is 11.9 Å². The van der Waals surface area contributed by atoms with Gasteiger partial charge in [-0.2, -0.15) is 0 Å². The molecule has 8 heteroatoms. The van der Waals surface area contributed by atoms with E-state index in [-0.39, 0.29) is 0 Å². The van der Waals surface area contributed by atoms with Crippen LogP contribution < -0.4 is 9.47 Å². The van der Waals surface area contributed by atoms with Crippen LogP contribution in [0.25, 0.3) is 12.2 Å². The number of carbonyl (C=O) groups is 2. The van der Waals surface area contributed by atoms with Crippen LogP contribution in [-0.4, -0.2) is 45.3 Å². The zero-order chi connectivity index (χ0) is 33.2. The second-order valence-corrected chi connectivity index (χ2v) is 10.4. The molecule has 0 fully saturated rings. The zero-order valence-corrected chi connectivity index (χ0v) is 26.9. The van der Waals surface area contributed by atoms with Crippen molar-refractivity contribution in [1.29, 1.82) is 0 Å². The summed E-state index contributed by atoms with van der Waals surface area (Å²) in [5.74, 6) is -0.341. The first-order valence-corrected chi connectivity index (χ1v) is 15.8. The molecule has 4 aromatic rings. The van der Waals surface area contributed by atoms with E-state index in [1.54, 1.807) is 73.3 Å². The molecule has 244 valence electrons. The Morgan fingerprint density at radius 3 is 1.20 bits per heavy atom. The third kappa shape index (κ3) is 16.8. The van der Waals surface area contributed by atoms with E-state index in [9.17, 15) is 9.59 Å². The molecular formula is C38H46N2O6. The minimum absolute atomic E-state index is 0.290. The monoisotopic (exact) mass is 626 g/mol. The summed E-state index contributed by atoms with van der Waals surface area (Å²) >= 11 is 0. The summed E-state index contributed by atoms with van der Waals surface area (Å²) in [5, 5.41) is 17.4. The van der Waals surface area contributed by atoms with Crippen molar-refractivity contribution in [2.75, 3.05) is 13.2 Å². The van der Waals surface area contributed by atoms with E-state index in [0.29, 0.717) is 24.3 Å². The van der Waals surface area contributed by atoms with Crippen LogP contribution in [0, 0.1) is 0 Å². The van der Waals surface area contributed by atoms with Crippen molar-refractivity contribution in [3.8, 4) is 11.5 Å². The Hall–Kier alpha value is -4.98. The molecule has 2 aromatic heterocycles. The Morgan fingerprint density at radius 2 is 0.891 bits per heavy atom. The molecule has 0 bridgehead atoms. The molecule has 0 saturated heterocycles. The van der Waals surface area contributed by atoms with Crippen LogP contribution in [-0.2, 0) is 0 Å². The van der Waals surface area contributed by atoms with E-state index in [1.165, 1.54) is 38.5 Å². The molecule has 2 N–H and O–H groups in total. The van der Waals surface area contributed by atoms with E-state index in [2.05, 4.69) is 36.0 Å². The maximum atomic E-state index is 10.6. The second kappa shape index (κ2) is 23.4. The maximum Gasteiger partial charge on any atom is 0.335 e. The fraction of sp³-hybridized carbons (Fsp3) is 0.316. The summed E-state index contributed by atoms with van der Waals surface area (Å²) in [6.45, 7) is 5.75. The normalized spacial score (nSPS) is 10.2. The average molecular weight is 627 g/mol. The minimum Gasteiger partial charge on any atom is -0.494 e. The van der Waals surface area contributed by atoms with Gasteiger partial charge in [0.25, 0.3) is 0 Å². The number of hydrogen-bond donors (Lipinski definition) is 2. The van der Waals surface area contributed by atoms with Crippen LogP contribution in [0.15, 0.2) is 97.6 Å². The number of ether oxygens (including phenoxy) is 2. The van der Waals surface area contributed by atoms with Gasteiger partial charge in [0.05, 0.1) is 24.3 Å². The van der Waals surface area contributed by atoms with Gasteiger partial charge in [-0.25, -0.2) is 9.59 Å². The van der Waals surface area contributed by atoms with Crippen molar-refractivity contribution in [1.82, 2.24) is 9.97 Å². The third-order valence-electron chi connectivity index (χ3n) is 6.62. The molecule has 0 unspecified atom stereocenters. The SMILES string of the molecule is C(=C\c1ccncc1)/c1ccncc1.CCCCCCOc1ccc(C(=O)O)cc1.CCCCCCOc1ccc(C(=O)O)cc1. The molecule has 0 amide bonds. The maximum absolute atomic E-state index is 10.6. The Balaban J connectivity index is 0.000000241. The number of carboxylic acid groups (broad SMARTS) is 2. The lowest BCUT2D eigenvalue weighted by Gasteiger charge is -2.05. The van der Waals surface area contributed by atoms with Gasteiger partial charge < -0.3 is 19.7 Å². The predicted molar refractivity (Wildman–Crippen MR) is 183 cm³/mol. The van der Waals surface area contributed by atoms with Gasteiger partial charge in [0.2, 0.25) is 0 Å². The van der Waals surface area contributed by atoms with Gasteiger partial charge in [-0.1, -0.05) is 64.5 Å². The van der Waals surface area contributed by atoms with Crippen molar-refractivity contribution < 1.29 is 29.3 Å². The van der Waals surface area contributed by atoms with Crippen molar-refractivity contribution in [3.63, 3.8) is 0 Å². The number of pyridine rings is 2. The summed E-state index contributed by atoms with van der Waals surface area (Å²) < 4.78 is 11.0. The van der Waals surface area contributed by atoms with Gasteiger partial charge in [0.1, 0.15) is 11.5 Å². The lowest BCUT2D eigenvalue weighted by Crippen LogP contribution is -1.99. The molecule has 0 aliphatic heterocycles. The predicted octanol–water partition coefficient (Wildman–Crippen LogP) is 9.33. The van der Waals surface area contributed by atoms with E-state index in [0.717, 1.165) is 35.5 Å². The highest BCUT2D eigenvalue weighted by molar-refractivity contribution is 5.88. The number of hydrogen-bond acceptors (Lipinski definition) is 6. The minimum atomic E-state index is -0.908. The van der Waals surface area contributed by atoms with E-state index in [1.807, 2.05) is 24.3 Å². The van der Waals surface area contributed by atoms with Crippen LogP contribution in [0.3, 0.4) is 0 Å². The first-order chi connectivity index (χ1) is 22.4. The molecule has 0 aliphatic rings.